The highest BCUT2D eigenvalue weighted by molar-refractivity contribution is 6.04. The number of carbonyl (C=O) groups excluding carboxylic acids is 1. The zero-order chi connectivity index (χ0) is 17.7. The second-order valence-corrected chi connectivity index (χ2v) is 7.03. The highest BCUT2D eigenvalue weighted by Crippen LogP contribution is 2.47. The molecule has 3 heteroatoms. The van der Waals surface area contributed by atoms with Crippen LogP contribution in [0, 0.1) is 5.82 Å². The second-order valence-electron chi connectivity index (χ2n) is 7.03. The third kappa shape index (κ3) is 2.27. The number of benzene rings is 3. The van der Waals surface area contributed by atoms with Gasteiger partial charge in [-0.05, 0) is 52.9 Å². The molecule has 0 bridgehead atoms. The van der Waals surface area contributed by atoms with Gasteiger partial charge in [0.2, 0.25) is 0 Å². The standard InChI is InChI=1S/C23H18FNO/c24-16-11-8-15(9-12-16)21-22-17-5-2-1-4-14(17)10-13-19(22)25-18-6-3-7-20(26)23(18)21/h1-2,4-5,8-13,21,25H,3,6-7H2/t21-/m0/s1. The Morgan fingerprint density at radius 2 is 1.73 bits per heavy atom. The van der Waals surface area contributed by atoms with Crippen LogP contribution in [0.4, 0.5) is 10.1 Å². The summed E-state index contributed by atoms with van der Waals surface area (Å²) in [6, 6.07) is 19.0. The molecule has 26 heavy (non-hydrogen) atoms. The number of rotatable bonds is 1. The maximum absolute atomic E-state index is 13.5. The van der Waals surface area contributed by atoms with Gasteiger partial charge in [-0.15, -0.1) is 0 Å². The number of hydrogen-bond acceptors (Lipinski definition) is 2. The minimum Gasteiger partial charge on any atom is -0.358 e. The molecule has 1 heterocycles. The lowest BCUT2D eigenvalue weighted by Crippen LogP contribution is -2.27. The number of hydrogen-bond donors (Lipinski definition) is 1. The van der Waals surface area contributed by atoms with Gasteiger partial charge < -0.3 is 5.32 Å². The van der Waals surface area contributed by atoms with Crippen LogP contribution in [0.15, 0.2) is 71.9 Å². The number of nitrogens with one attached hydrogen (secondary N) is 1. The topological polar surface area (TPSA) is 29.1 Å². The Morgan fingerprint density at radius 1 is 0.923 bits per heavy atom. The molecule has 1 N–H and O–H groups in total. The molecule has 0 fully saturated rings. The number of fused-ring (bicyclic) bond motifs is 3. The predicted octanol–water partition coefficient (Wildman–Crippen LogP) is 5.54. The number of carbonyl (C=O) groups is 1. The van der Waals surface area contributed by atoms with Crippen molar-refractivity contribution in [2.45, 2.75) is 25.2 Å². The first-order chi connectivity index (χ1) is 12.7. The van der Waals surface area contributed by atoms with Crippen LogP contribution < -0.4 is 5.32 Å². The maximum Gasteiger partial charge on any atom is 0.161 e. The number of allylic oxidation sites excluding steroid dienone is 2. The van der Waals surface area contributed by atoms with E-state index in [4.69, 9.17) is 0 Å². The molecule has 0 spiro atoms. The fraction of sp³-hybridized carbons (Fsp3) is 0.174. The molecule has 0 radical (unpaired) electrons. The van der Waals surface area contributed by atoms with Crippen LogP contribution in [0.25, 0.3) is 10.8 Å². The third-order valence-electron chi connectivity index (χ3n) is 5.49. The summed E-state index contributed by atoms with van der Waals surface area (Å²) in [5, 5.41) is 5.80. The molecule has 1 atom stereocenters. The molecule has 3 aromatic rings. The molecule has 2 nitrogen and oxygen atoms in total. The Morgan fingerprint density at radius 3 is 2.58 bits per heavy atom. The van der Waals surface area contributed by atoms with Gasteiger partial charge in [0.25, 0.3) is 0 Å². The highest BCUT2D eigenvalue weighted by atomic mass is 19.1. The van der Waals surface area contributed by atoms with E-state index in [-0.39, 0.29) is 17.5 Å². The van der Waals surface area contributed by atoms with Crippen molar-refractivity contribution in [1.29, 1.82) is 0 Å². The van der Waals surface area contributed by atoms with E-state index in [1.165, 1.54) is 12.1 Å². The number of Topliss-reactive ketones (excluding diaryl/α,β-unsaturated/α-hetero) is 1. The Bertz CT molecular complexity index is 1070. The van der Waals surface area contributed by atoms with Crippen molar-refractivity contribution in [3.8, 4) is 0 Å². The van der Waals surface area contributed by atoms with E-state index >= 15 is 0 Å². The minimum atomic E-state index is -0.259. The Hall–Kier alpha value is -2.94. The lowest BCUT2D eigenvalue weighted by molar-refractivity contribution is -0.116. The second kappa shape index (κ2) is 5.80. The molecular formula is C23H18FNO. The Labute approximate surface area is 151 Å². The van der Waals surface area contributed by atoms with Crippen LogP contribution in [0.3, 0.4) is 0 Å². The highest BCUT2D eigenvalue weighted by Gasteiger charge is 2.35. The van der Waals surface area contributed by atoms with Gasteiger partial charge in [-0.25, -0.2) is 4.39 Å². The molecule has 3 aromatic carbocycles. The van der Waals surface area contributed by atoms with Crippen LogP contribution in [0.1, 0.15) is 36.3 Å². The van der Waals surface area contributed by atoms with Crippen LogP contribution in [-0.4, -0.2) is 5.78 Å². The minimum absolute atomic E-state index is 0.152. The van der Waals surface area contributed by atoms with Gasteiger partial charge in [0, 0.05) is 29.3 Å². The summed E-state index contributed by atoms with van der Waals surface area (Å²) in [6.45, 7) is 0. The summed E-state index contributed by atoms with van der Waals surface area (Å²) in [4.78, 5) is 12.9. The summed E-state index contributed by atoms with van der Waals surface area (Å²) in [5.41, 5.74) is 5.01. The molecule has 0 saturated carbocycles. The van der Waals surface area contributed by atoms with Crippen molar-refractivity contribution >= 4 is 22.2 Å². The van der Waals surface area contributed by atoms with Gasteiger partial charge >= 0.3 is 0 Å². The van der Waals surface area contributed by atoms with Crippen LogP contribution in [0.2, 0.25) is 0 Å². The third-order valence-corrected chi connectivity index (χ3v) is 5.49. The SMILES string of the molecule is O=C1CCCC2=C1[C@@H](c1ccc(F)cc1)c1c(ccc3ccccc13)N2. The Kier molecular flexibility index (Phi) is 3.42. The van der Waals surface area contributed by atoms with E-state index in [1.54, 1.807) is 0 Å². The maximum atomic E-state index is 13.5. The van der Waals surface area contributed by atoms with Gasteiger partial charge in [-0.2, -0.15) is 0 Å². The summed E-state index contributed by atoms with van der Waals surface area (Å²) in [7, 11) is 0. The van der Waals surface area contributed by atoms with E-state index in [9.17, 15) is 9.18 Å². The fourth-order valence-electron chi connectivity index (χ4n) is 4.34. The van der Waals surface area contributed by atoms with Gasteiger partial charge in [0.05, 0.1) is 0 Å². The molecule has 0 aromatic heterocycles. The zero-order valence-corrected chi connectivity index (χ0v) is 14.3. The summed E-state index contributed by atoms with van der Waals surface area (Å²) in [5.74, 6) is -0.211. The van der Waals surface area contributed by atoms with Crippen molar-refractivity contribution in [1.82, 2.24) is 0 Å². The van der Waals surface area contributed by atoms with Gasteiger partial charge in [0.15, 0.2) is 5.78 Å². The van der Waals surface area contributed by atoms with Crippen LogP contribution >= 0.6 is 0 Å². The van der Waals surface area contributed by atoms with E-state index in [1.807, 2.05) is 24.3 Å². The first-order valence-electron chi connectivity index (χ1n) is 9.03. The quantitative estimate of drug-likeness (QED) is 0.628. The van der Waals surface area contributed by atoms with E-state index in [0.717, 1.165) is 51.7 Å². The van der Waals surface area contributed by atoms with Crippen molar-refractivity contribution in [3.63, 3.8) is 0 Å². The smallest absolute Gasteiger partial charge is 0.161 e. The summed E-state index contributed by atoms with van der Waals surface area (Å²) < 4.78 is 13.5. The normalized spacial score (nSPS) is 19.1. The molecular weight excluding hydrogens is 325 g/mol. The first-order valence-corrected chi connectivity index (χ1v) is 9.03. The van der Waals surface area contributed by atoms with Crippen molar-refractivity contribution < 1.29 is 9.18 Å². The molecule has 128 valence electrons. The number of halogens is 1. The molecule has 1 aliphatic heterocycles. The molecule has 5 rings (SSSR count). The van der Waals surface area contributed by atoms with E-state index < -0.39 is 0 Å². The van der Waals surface area contributed by atoms with E-state index in [0.29, 0.717) is 6.42 Å². The molecule has 0 amide bonds. The number of ketones is 1. The zero-order valence-electron chi connectivity index (χ0n) is 14.3. The summed E-state index contributed by atoms with van der Waals surface area (Å²) in [6.07, 6.45) is 2.34. The lowest BCUT2D eigenvalue weighted by Gasteiger charge is -2.35. The Balaban J connectivity index is 1.83. The van der Waals surface area contributed by atoms with Crippen LogP contribution in [0.5, 0.6) is 0 Å². The van der Waals surface area contributed by atoms with E-state index in [2.05, 4.69) is 29.6 Å². The van der Waals surface area contributed by atoms with Gasteiger partial charge in [-0.1, -0.05) is 42.5 Å². The largest absolute Gasteiger partial charge is 0.358 e. The monoisotopic (exact) mass is 343 g/mol. The summed E-state index contributed by atoms with van der Waals surface area (Å²) >= 11 is 0. The number of anilines is 1. The molecule has 0 saturated heterocycles. The van der Waals surface area contributed by atoms with Crippen molar-refractivity contribution in [2.75, 3.05) is 5.32 Å². The average molecular weight is 343 g/mol. The predicted molar refractivity (Wildman–Crippen MR) is 102 cm³/mol. The van der Waals surface area contributed by atoms with Crippen molar-refractivity contribution in [3.05, 3.63) is 88.9 Å². The molecule has 1 aliphatic carbocycles. The first kappa shape index (κ1) is 15.3. The van der Waals surface area contributed by atoms with Gasteiger partial charge in [-0.3, -0.25) is 4.79 Å². The van der Waals surface area contributed by atoms with Crippen LogP contribution in [-0.2, 0) is 4.79 Å². The van der Waals surface area contributed by atoms with Gasteiger partial charge in [0.1, 0.15) is 5.82 Å². The van der Waals surface area contributed by atoms with Crippen molar-refractivity contribution in [2.24, 2.45) is 0 Å². The average Bonchev–Trinajstić information content (AvgIpc) is 2.67. The fourth-order valence-corrected chi connectivity index (χ4v) is 4.34. The lowest BCUT2D eigenvalue weighted by atomic mass is 9.74. The molecule has 2 aliphatic rings. The molecule has 0 unspecified atom stereocenters.